The summed E-state index contributed by atoms with van der Waals surface area (Å²) in [5, 5.41) is 0.451. The Hall–Kier alpha value is -1.61. The highest BCUT2D eigenvalue weighted by Crippen LogP contribution is 2.36. The van der Waals surface area contributed by atoms with Crippen molar-refractivity contribution in [3.05, 3.63) is 46.4 Å². The Morgan fingerprint density at radius 2 is 1.90 bits per heavy atom. The Morgan fingerprint density at radius 1 is 1.19 bits per heavy atom. The van der Waals surface area contributed by atoms with Gasteiger partial charge in [-0.3, -0.25) is 0 Å². The largest absolute Gasteiger partial charge is 0.438 e. The monoisotopic (exact) mass is 304 g/mol. The van der Waals surface area contributed by atoms with E-state index in [4.69, 9.17) is 16.3 Å². The van der Waals surface area contributed by atoms with Crippen LogP contribution in [0.15, 0.2) is 24.5 Å². The first-order valence-corrected chi connectivity index (χ1v) is 7.49. The van der Waals surface area contributed by atoms with Crippen LogP contribution in [0.2, 0.25) is 5.15 Å². The first kappa shape index (κ1) is 15.8. The van der Waals surface area contributed by atoms with E-state index in [-0.39, 0.29) is 5.41 Å². The average molecular weight is 305 g/mol. The summed E-state index contributed by atoms with van der Waals surface area (Å²) in [5.41, 5.74) is 3.19. The molecule has 1 aromatic heterocycles. The second-order valence-corrected chi connectivity index (χ2v) is 6.51. The van der Waals surface area contributed by atoms with E-state index >= 15 is 0 Å². The molecule has 4 heteroatoms. The van der Waals surface area contributed by atoms with Crippen LogP contribution in [0.5, 0.6) is 11.6 Å². The van der Waals surface area contributed by atoms with Crippen molar-refractivity contribution in [2.24, 2.45) is 0 Å². The highest BCUT2D eigenvalue weighted by Gasteiger charge is 2.21. The molecule has 0 aliphatic carbocycles. The van der Waals surface area contributed by atoms with Gasteiger partial charge in [-0.2, -0.15) is 0 Å². The first-order valence-electron chi connectivity index (χ1n) is 7.11. The summed E-state index contributed by atoms with van der Waals surface area (Å²) in [7, 11) is 0. The van der Waals surface area contributed by atoms with Crippen molar-refractivity contribution in [1.82, 2.24) is 9.97 Å². The van der Waals surface area contributed by atoms with Crippen LogP contribution in [-0.2, 0) is 11.8 Å². The normalized spacial score (nSPS) is 11.5. The highest BCUT2D eigenvalue weighted by atomic mass is 35.5. The maximum absolute atomic E-state index is 6.12. The zero-order chi connectivity index (χ0) is 15.6. The van der Waals surface area contributed by atoms with Gasteiger partial charge in [-0.25, -0.2) is 9.97 Å². The summed E-state index contributed by atoms with van der Waals surface area (Å²) in [5.74, 6) is 1.35. The second-order valence-electron chi connectivity index (χ2n) is 6.15. The summed E-state index contributed by atoms with van der Waals surface area (Å²) >= 11 is 6.12. The van der Waals surface area contributed by atoms with Gasteiger partial charge in [-0.05, 0) is 24.8 Å². The highest BCUT2D eigenvalue weighted by molar-refractivity contribution is 6.30. The molecule has 1 heterocycles. The molecule has 2 rings (SSSR count). The minimum absolute atomic E-state index is 0.00937. The number of rotatable bonds is 3. The number of benzene rings is 1. The van der Waals surface area contributed by atoms with Crippen LogP contribution < -0.4 is 4.74 Å². The number of aryl methyl sites for hydroxylation is 1. The van der Waals surface area contributed by atoms with Crippen LogP contribution in [0.1, 0.15) is 44.4 Å². The molecule has 21 heavy (non-hydrogen) atoms. The van der Waals surface area contributed by atoms with Crippen molar-refractivity contribution < 1.29 is 4.74 Å². The third-order valence-corrected chi connectivity index (χ3v) is 3.68. The predicted octanol–water partition coefficient (Wildman–Crippen LogP) is 5.09. The zero-order valence-electron chi connectivity index (χ0n) is 13.2. The summed E-state index contributed by atoms with van der Waals surface area (Å²) in [4.78, 5) is 8.25. The Morgan fingerprint density at radius 3 is 2.52 bits per heavy atom. The number of hydrogen-bond donors (Lipinski definition) is 0. The average Bonchev–Trinajstić information content (AvgIpc) is 2.40. The molecule has 0 aliphatic heterocycles. The fraction of sp³-hybridized carbons (Fsp3) is 0.412. The lowest BCUT2D eigenvalue weighted by molar-refractivity contribution is 0.433. The number of nitrogens with zero attached hydrogens (tertiary/aromatic N) is 2. The van der Waals surface area contributed by atoms with E-state index in [1.165, 1.54) is 11.9 Å². The molecule has 2 aromatic rings. The Kier molecular flexibility index (Phi) is 4.52. The lowest BCUT2D eigenvalue weighted by Crippen LogP contribution is -2.13. The Bertz CT molecular complexity index is 648. The van der Waals surface area contributed by atoms with Gasteiger partial charge < -0.3 is 4.74 Å². The molecule has 0 aliphatic rings. The zero-order valence-corrected chi connectivity index (χ0v) is 14.0. The van der Waals surface area contributed by atoms with E-state index in [2.05, 4.69) is 43.7 Å². The number of aromatic nitrogens is 2. The van der Waals surface area contributed by atoms with Crippen molar-refractivity contribution >= 4 is 11.6 Å². The standard InChI is InChI=1S/C17H21ClN2O/c1-6-12-15(18)19-10-20-16(12)21-14-8-7-11(2)9-13(14)17(3,4)5/h7-10H,6H2,1-5H3. The Balaban J connectivity index is 2.48. The van der Waals surface area contributed by atoms with Crippen LogP contribution in [0.3, 0.4) is 0 Å². The minimum Gasteiger partial charge on any atom is -0.438 e. The summed E-state index contributed by atoms with van der Waals surface area (Å²) in [6.07, 6.45) is 2.16. The fourth-order valence-electron chi connectivity index (χ4n) is 2.18. The van der Waals surface area contributed by atoms with Gasteiger partial charge in [0.05, 0.1) is 5.56 Å². The van der Waals surface area contributed by atoms with Gasteiger partial charge in [0.2, 0.25) is 5.88 Å². The molecule has 0 saturated carbocycles. The maximum Gasteiger partial charge on any atom is 0.227 e. The lowest BCUT2D eigenvalue weighted by atomic mass is 9.85. The van der Waals surface area contributed by atoms with Gasteiger partial charge in [0.15, 0.2) is 0 Å². The summed E-state index contributed by atoms with van der Waals surface area (Å²) in [6.45, 7) is 10.6. The van der Waals surface area contributed by atoms with Gasteiger partial charge >= 0.3 is 0 Å². The lowest BCUT2D eigenvalue weighted by Gasteiger charge is -2.23. The van der Waals surface area contributed by atoms with E-state index in [9.17, 15) is 0 Å². The molecule has 0 saturated heterocycles. The third-order valence-electron chi connectivity index (χ3n) is 3.36. The molecule has 0 radical (unpaired) electrons. The smallest absolute Gasteiger partial charge is 0.227 e. The molecular formula is C17H21ClN2O. The fourth-order valence-corrected chi connectivity index (χ4v) is 2.44. The molecule has 3 nitrogen and oxygen atoms in total. The Labute approximate surface area is 131 Å². The molecular weight excluding hydrogens is 284 g/mol. The van der Waals surface area contributed by atoms with Crippen molar-refractivity contribution in [2.45, 2.75) is 46.5 Å². The number of hydrogen-bond acceptors (Lipinski definition) is 3. The first-order chi connectivity index (χ1) is 9.82. The van der Waals surface area contributed by atoms with Crippen molar-refractivity contribution in [3.63, 3.8) is 0 Å². The predicted molar refractivity (Wildman–Crippen MR) is 86.4 cm³/mol. The van der Waals surface area contributed by atoms with Gasteiger partial charge in [-0.15, -0.1) is 0 Å². The van der Waals surface area contributed by atoms with Gasteiger partial charge in [0, 0.05) is 5.56 Å². The molecule has 0 fully saturated rings. The molecule has 1 aromatic carbocycles. The van der Waals surface area contributed by atoms with Crippen molar-refractivity contribution in [3.8, 4) is 11.6 Å². The third kappa shape index (κ3) is 3.53. The SMILES string of the molecule is CCc1c(Cl)ncnc1Oc1ccc(C)cc1C(C)(C)C. The summed E-state index contributed by atoms with van der Waals surface area (Å²) < 4.78 is 6.06. The van der Waals surface area contributed by atoms with Crippen LogP contribution in [0.4, 0.5) is 0 Å². The van der Waals surface area contributed by atoms with Crippen molar-refractivity contribution in [1.29, 1.82) is 0 Å². The van der Waals surface area contributed by atoms with E-state index in [1.54, 1.807) is 0 Å². The molecule has 0 N–H and O–H groups in total. The van der Waals surface area contributed by atoms with E-state index in [0.29, 0.717) is 11.0 Å². The van der Waals surface area contributed by atoms with Crippen LogP contribution in [0, 0.1) is 6.92 Å². The van der Waals surface area contributed by atoms with E-state index < -0.39 is 0 Å². The minimum atomic E-state index is -0.00937. The second kappa shape index (κ2) is 6.02. The molecule has 0 bridgehead atoms. The van der Waals surface area contributed by atoms with Gasteiger partial charge in [0.1, 0.15) is 17.2 Å². The summed E-state index contributed by atoms with van der Waals surface area (Å²) in [6, 6.07) is 6.19. The molecule has 112 valence electrons. The van der Waals surface area contributed by atoms with Gasteiger partial charge in [0.25, 0.3) is 0 Å². The molecule has 0 spiro atoms. The van der Waals surface area contributed by atoms with Crippen LogP contribution in [0.25, 0.3) is 0 Å². The number of ether oxygens (including phenoxy) is 1. The van der Waals surface area contributed by atoms with Gasteiger partial charge in [-0.1, -0.05) is 57.0 Å². The van der Waals surface area contributed by atoms with E-state index in [0.717, 1.165) is 23.3 Å². The topological polar surface area (TPSA) is 35.0 Å². The maximum atomic E-state index is 6.12. The van der Waals surface area contributed by atoms with Crippen molar-refractivity contribution in [2.75, 3.05) is 0 Å². The quantitative estimate of drug-likeness (QED) is 0.741. The van der Waals surface area contributed by atoms with E-state index in [1.807, 2.05) is 19.1 Å². The van der Waals surface area contributed by atoms with Crippen LogP contribution >= 0.6 is 11.6 Å². The molecule has 0 unspecified atom stereocenters. The van der Waals surface area contributed by atoms with Crippen LogP contribution in [-0.4, -0.2) is 9.97 Å². The molecule has 0 atom stereocenters. The molecule has 0 amide bonds. The number of halogens is 1.